The van der Waals surface area contributed by atoms with Crippen molar-refractivity contribution < 1.29 is 9.32 Å². The lowest BCUT2D eigenvalue weighted by atomic mass is 9.97. The Morgan fingerprint density at radius 2 is 1.93 bits per heavy atom. The number of halogens is 1. The van der Waals surface area contributed by atoms with Gasteiger partial charge in [0.05, 0.1) is 16.5 Å². The summed E-state index contributed by atoms with van der Waals surface area (Å²) < 4.78 is 5.57. The molecule has 0 bridgehead atoms. The van der Waals surface area contributed by atoms with Crippen LogP contribution in [0.3, 0.4) is 0 Å². The summed E-state index contributed by atoms with van der Waals surface area (Å²) in [6.45, 7) is 5.59. The van der Waals surface area contributed by atoms with Gasteiger partial charge in [-0.15, -0.1) is 0 Å². The molecule has 2 aromatic carbocycles. The maximum Gasteiger partial charge on any atom is 0.255 e. The predicted octanol–water partition coefficient (Wildman–Crippen LogP) is 5.53. The minimum absolute atomic E-state index is 0.0337. The maximum absolute atomic E-state index is 12.9. The number of piperidine rings is 1. The Morgan fingerprint density at radius 3 is 2.66 bits per heavy atom. The van der Waals surface area contributed by atoms with Gasteiger partial charge in [-0.25, -0.2) is 0 Å². The van der Waals surface area contributed by atoms with Crippen LogP contribution in [0.5, 0.6) is 0 Å². The zero-order valence-corrected chi connectivity index (χ0v) is 17.4. The highest BCUT2D eigenvalue weighted by Gasteiger charge is 2.29. The van der Waals surface area contributed by atoms with Crippen molar-refractivity contribution in [2.45, 2.75) is 38.5 Å². The Hall–Kier alpha value is -2.66. The van der Waals surface area contributed by atoms with E-state index in [9.17, 15) is 4.79 Å². The molecule has 5 nitrogen and oxygen atoms in total. The van der Waals surface area contributed by atoms with Gasteiger partial charge in [0.1, 0.15) is 0 Å². The zero-order valence-electron chi connectivity index (χ0n) is 16.6. The SMILES string of the molecule is CC(C)c1ccc(-c2noc([C@@H]3CCCN(C(=O)c4ccccc4Cl)C3)n2)cc1. The molecule has 0 radical (unpaired) electrons. The predicted molar refractivity (Wildman–Crippen MR) is 113 cm³/mol. The number of likely N-dealkylation sites (tertiary alicyclic amines) is 1. The third kappa shape index (κ3) is 4.20. The molecule has 150 valence electrons. The first-order chi connectivity index (χ1) is 14.0. The van der Waals surface area contributed by atoms with Crippen molar-refractivity contribution in [3.8, 4) is 11.4 Å². The topological polar surface area (TPSA) is 59.2 Å². The second-order valence-electron chi connectivity index (χ2n) is 7.80. The Labute approximate surface area is 175 Å². The summed E-state index contributed by atoms with van der Waals surface area (Å²) >= 11 is 6.21. The molecule has 0 spiro atoms. The summed E-state index contributed by atoms with van der Waals surface area (Å²) in [6, 6.07) is 15.4. The molecular weight excluding hydrogens is 386 g/mol. The average Bonchev–Trinajstić information content (AvgIpc) is 3.24. The number of carbonyl (C=O) groups is 1. The standard InChI is InChI=1S/C23H24ClN3O2/c1-15(2)16-9-11-17(12-10-16)21-25-22(29-26-21)18-6-5-13-27(14-18)23(28)19-7-3-4-8-20(19)24/h3-4,7-12,15,18H,5-6,13-14H2,1-2H3/t18-/m1/s1. The van der Waals surface area contributed by atoms with Crippen LogP contribution < -0.4 is 0 Å². The molecule has 1 atom stereocenters. The summed E-state index contributed by atoms with van der Waals surface area (Å²) in [5.41, 5.74) is 2.74. The Morgan fingerprint density at radius 1 is 1.17 bits per heavy atom. The molecular formula is C23H24ClN3O2. The van der Waals surface area contributed by atoms with E-state index < -0.39 is 0 Å². The van der Waals surface area contributed by atoms with Crippen molar-refractivity contribution in [3.05, 3.63) is 70.6 Å². The molecule has 0 saturated carbocycles. The monoisotopic (exact) mass is 409 g/mol. The van der Waals surface area contributed by atoms with Crippen LogP contribution >= 0.6 is 11.6 Å². The van der Waals surface area contributed by atoms with Gasteiger partial charge >= 0.3 is 0 Å². The Bertz CT molecular complexity index is 997. The van der Waals surface area contributed by atoms with Crippen LogP contribution in [0.1, 0.15) is 60.3 Å². The Kier molecular flexibility index (Phi) is 5.67. The number of aromatic nitrogens is 2. The number of rotatable bonds is 4. The molecule has 1 aromatic heterocycles. The molecule has 0 N–H and O–H groups in total. The maximum atomic E-state index is 12.9. The van der Waals surface area contributed by atoms with Crippen LogP contribution in [-0.2, 0) is 0 Å². The van der Waals surface area contributed by atoms with E-state index in [1.807, 2.05) is 29.2 Å². The fourth-order valence-electron chi connectivity index (χ4n) is 3.70. The molecule has 2 heterocycles. The fourth-order valence-corrected chi connectivity index (χ4v) is 3.92. The lowest BCUT2D eigenvalue weighted by Gasteiger charge is -2.31. The summed E-state index contributed by atoms with van der Waals surface area (Å²) in [6.07, 6.45) is 1.81. The first kappa shape index (κ1) is 19.6. The smallest absolute Gasteiger partial charge is 0.255 e. The molecule has 4 rings (SSSR count). The van der Waals surface area contributed by atoms with Crippen LogP contribution in [0.15, 0.2) is 53.1 Å². The van der Waals surface area contributed by atoms with Crippen molar-refractivity contribution in [3.63, 3.8) is 0 Å². The highest BCUT2D eigenvalue weighted by atomic mass is 35.5. The van der Waals surface area contributed by atoms with Gasteiger partial charge in [0.2, 0.25) is 11.7 Å². The van der Waals surface area contributed by atoms with Gasteiger partial charge in [0.15, 0.2) is 0 Å². The molecule has 1 aliphatic rings. The minimum atomic E-state index is -0.0516. The van der Waals surface area contributed by atoms with E-state index in [0.29, 0.717) is 41.3 Å². The van der Waals surface area contributed by atoms with Gasteiger partial charge in [0.25, 0.3) is 5.91 Å². The molecule has 6 heteroatoms. The number of hydrogen-bond acceptors (Lipinski definition) is 4. The van der Waals surface area contributed by atoms with E-state index >= 15 is 0 Å². The average molecular weight is 410 g/mol. The largest absolute Gasteiger partial charge is 0.339 e. The summed E-state index contributed by atoms with van der Waals surface area (Å²) in [7, 11) is 0. The number of nitrogens with zero attached hydrogens (tertiary/aromatic N) is 3. The van der Waals surface area contributed by atoms with Gasteiger partial charge in [0, 0.05) is 18.7 Å². The molecule has 0 unspecified atom stereocenters. The van der Waals surface area contributed by atoms with Gasteiger partial charge in [-0.1, -0.05) is 67.0 Å². The molecule has 1 amide bonds. The number of benzene rings is 2. The highest BCUT2D eigenvalue weighted by Crippen LogP contribution is 2.29. The van der Waals surface area contributed by atoms with Crippen LogP contribution in [0.4, 0.5) is 0 Å². The first-order valence-electron chi connectivity index (χ1n) is 10.0. The summed E-state index contributed by atoms with van der Waals surface area (Å²) in [5, 5.41) is 4.64. The lowest BCUT2D eigenvalue weighted by molar-refractivity contribution is 0.0696. The quantitative estimate of drug-likeness (QED) is 0.568. The van der Waals surface area contributed by atoms with Crippen LogP contribution in [-0.4, -0.2) is 34.0 Å². The van der Waals surface area contributed by atoms with E-state index in [1.165, 1.54) is 5.56 Å². The summed E-state index contributed by atoms with van der Waals surface area (Å²) in [5.74, 6) is 1.64. The lowest BCUT2D eigenvalue weighted by Crippen LogP contribution is -2.39. The van der Waals surface area contributed by atoms with Gasteiger partial charge in [-0.2, -0.15) is 4.98 Å². The molecule has 1 saturated heterocycles. The van der Waals surface area contributed by atoms with E-state index in [4.69, 9.17) is 16.1 Å². The fraction of sp³-hybridized carbons (Fsp3) is 0.348. The van der Waals surface area contributed by atoms with Gasteiger partial charge < -0.3 is 9.42 Å². The molecule has 1 aliphatic heterocycles. The summed E-state index contributed by atoms with van der Waals surface area (Å²) in [4.78, 5) is 19.3. The highest BCUT2D eigenvalue weighted by molar-refractivity contribution is 6.33. The van der Waals surface area contributed by atoms with Crippen LogP contribution in [0.25, 0.3) is 11.4 Å². The Balaban J connectivity index is 1.49. The number of amides is 1. The second-order valence-corrected chi connectivity index (χ2v) is 8.21. The van der Waals surface area contributed by atoms with Gasteiger partial charge in [-0.3, -0.25) is 4.79 Å². The van der Waals surface area contributed by atoms with Crippen molar-refractivity contribution >= 4 is 17.5 Å². The van der Waals surface area contributed by atoms with E-state index in [2.05, 4.69) is 36.1 Å². The first-order valence-corrected chi connectivity index (χ1v) is 10.4. The zero-order chi connectivity index (χ0) is 20.4. The van der Waals surface area contributed by atoms with Gasteiger partial charge in [-0.05, 0) is 36.5 Å². The van der Waals surface area contributed by atoms with Crippen LogP contribution in [0.2, 0.25) is 5.02 Å². The normalized spacial score (nSPS) is 17.0. The van der Waals surface area contributed by atoms with E-state index in [0.717, 1.165) is 18.4 Å². The molecule has 1 fully saturated rings. The van der Waals surface area contributed by atoms with Crippen LogP contribution in [0, 0.1) is 0 Å². The number of hydrogen-bond donors (Lipinski definition) is 0. The van der Waals surface area contributed by atoms with Crippen molar-refractivity contribution in [2.75, 3.05) is 13.1 Å². The van der Waals surface area contributed by atoms with Crippen molar-refractivity contribution in [1.29, 1.82) is 0 Å². The van der Waals surface area contributed by atoms with Crippen molar-refractivity contribution in [1.82, 2.24) is 15.0 Å². The van der Waals surface area contributed by atoms with Crippen molar-refractivity contribution in [2.24, 2.45) is 0 Å². The number of carbonyl (C=O) groups excluding carboxylic acids is 1. The minimum Gasteiger partial charge on any atom is -0.339 e. The molecule has 0 aliphatic carbocycles. The van der Waals surface area contributed by atoms with E-state index in [1.54, 1.807) is 12.1 Å². The third-order valence-corrected chi connectivity index (χ3v) is 5.77. The second kappa shape index (κ2) is 8.37. The third-order valence-electron chi connectivity index (χ3n) is 5.44. The van der Waals surface area contributed by atoms with E-state index in [-0.39, 0.29) is 11.8 Å². The molecule has 29 heavy (non-hydrogen) atoms. The molecule has 3 aromatic rings.